The first-order chi connectivity index (χ1) is 12.3. The summed E-state index contributed by atoms with van der Waals surface area (Å²) in [5, 5.41) is -0.0671. The van der Waals surface area contributed by atoms with Gasteiger partial charge in [0, 0.05) is 32.4 Å². The number of aromatic nitrogens is 1. The molecule has 1 aromatic carbocycles. The molecule has 2 aromatic rings. The third-order valence-corrected chi connectivity index (χ3v) is 6.01. The van der Waals surface area contributed by atoms with Gasteiger partial charge in [0.05, 0.1) is 5.02 Å². The Morgan fingerprint density at radius 3 is 2.73 bits per heavy atom. The molecule has 6 nitrogen and oxygen atoms in total. The van der Waals surface area contributed by atoms with Crippen molar-refractivity contribution in [2.45, 2.75) is 31.3 Å². The van der Waals surface area contributed by atoms with Gasteiger partial charge in [-0.2, -0.15) is 0 Å². The Bertz CT molecular complexity index is 943. The van der Waals surface area contributed by atoms with Crippen LogP contribution in [0.25, 0.3) is 0 Å². The van der Waals surface area contributed by atoms with E-state index >= 15 is 0 Å². The topological polar surface area (TPSA) is 71.4 Å². The van der Waals surface area contributed by atoms with Crippen LogP contribution >= 0.6 is 11.6 Å². The van der Waals surface area contributed by atoms with Crippen molar-refractivity contribution in [3.05, 3.63) is 52.6 Å². The number of nitrogens with zero attached hydrogens (tertiary/aromatic N) is 2. The minimum Gasteiger partial charge on any atom is -0.342 e. The number of carbonyl (C=O) groups excluding carboxylic acids is 1. The maximum atomic E-state index is 13.2. The number of benzene rings is 1. The molecule has 0 unspecified atom stereocenters. The van der Waals surface area contributed by atoms with Gasteiger partial charge >= 0.3 is 0 Å². The molecule has 0 atom stereocenters. The molecule has 26 heavy (non-hydrogen) atoms. The van der Waals surface area contributed by atoms with Crippen LogP contribution in [0.3, 0.4) is 0 Å². The SMILES string of the molecule is CCN1CCCn2cc(S(=O)(=O)NCc3ccc(F)c(Cl)c3)cc2C1=O. The predicted octanol–water partition coefficient (Wildman–Crippen LogP) is 2.62. The Labute approximate surface area is 156 Å². The summed E-state index contributed by atoms with van der Waals surface area (Å²) in [6, 6.07) is 5.42. The van der Waals surface area contributed by atoms with Gasteiger partial charge in [-0.1, -0.05) is 17.7 Å². The molecule has 0 bridgehead atoms. The summed E-state index contributed by atoms with van der Waals surface area (Å²) in [7, 11) is -3.81. The zero-order valence-electron chi connectivity index (χ0n) is 14.2. The van der Waals surface area contributed by atoms with Crippen LogP contribution in [0.2, 0.25) is 5.02 Å². The number of nitrogens with one attached hydrogen (secondary N) is 1. The summed E-state index contributed by atoms with van der Waals surface area (Å²) in [6.45, 7) is 3.68. The average molecular weight is 400 g/mol. The van der Waals surface area contributed by atoms with E-state index in [1.165, 1.54) is 30.5 Å². The van der Waals surface area contributed by atoms with Crippen molar-refractivity contribution in [3.8, 4) is 0 Å². The fourth-order valence-corrected chi connectivity index (χ4v) is 4.16. The lowest BCUT2D eigenvalue weighted by molar-refractivity contribution is 0.0766. The quantitative estimate of drug-likeness (QED) is 0.840. The molecule has 2 heterocycles. The van der Waals surface area contributed by atoms with Gasteiger partial charge in [0.25, 0.3) is 5.91 Å². The average Bonchev–Trinajstić information content (AvgIpc) is 2.98. The first kappa shape index (κ1) is 18.9. The smallest absolute Gasteiger partial charge is 0.270 e. The third-order valence-electron chi connectivity index (χ3n) is 4.35. The van der Waals surface area contributed by atoms with E-state index in [1.807, 2.05) is 6.92 Å². The van der Waals surface area contributed by atoms with Gasteiger partial charge in [-0.3, -0.25) is 4.79 Å². The lowest BCUT2D eigenvalue weighted by atomic mass is 10.2. The molecular formula is C17H19ClFN3O3S. The number of aryl methyl sites for hydroxylation is 1. The number of hydrogen-bond donors (Lipinski definition) is 1. The van der Waals surface area contributed by atoms with Crippen LogP contribution in [0.5, 0.6) is 0 Å². The summed E-state index contributed by atoms with van der Waals surface area (Å²) in [5.74, 6) is -0.731. The molecular weight excluding hydrogens is 381 g/mol. The monoisotopic (exact) mass is 399 g/mol. The van der Waals surface area contributed by atoms with Gasteiger partial charge in [-0.15, -0.1) is 0 Å². The molecule has 1 aromatic heterocycles. The number of carbonyl (C=O) groups is 1. The van der Waals surface area contributed by atoms with Crippen LogP contribution in [-0.4, -0.2) is 36.9 Å². The van der Waals surface area contributed by atoms with E-state index in [-0.39, 0.29) is 22.4 Å². The number of sulfonamides is 1. The molecule has 0 fully saturated rings. The summed E-state index contributed by atoms with van der Waals surface area (Å²) in [4.78, 5) is 14.2. The highest BCUT2D eigenvalue weighted by Gasteiger charge is 2.26. The van der Waals surface area contributed by atoms with Crippen LogP contribution in [0.15, 0.2) is 35.4 Å². The standard InChI is InChI=1S/C17H19ClFN3O3S/c1-2-21-6-3-7-22-11-13(9-16(22)17(21)23)26(24,25)20-10-12-4-5-15(19)14(18)8-12/h4-5,8-9,11,20H,2-3,6-7,10H2,1H3. The third kappa shape index (κ3) is 3.77. The van der Waals surface area contributed by atoms with E-state index in [9.17, 15) is 17.6 Å². The van der Waals surface area contributed by atoms with Gasteiger partial charge < -0.3 is 9.47 Å². The van der Waals surface area contributed by atoms with E-state index < -0.39 is 15.8 Å². The van der Waals surface area contributed by atoms with Crippen molar-refractivity contribution in [1.82, 2.24) is 14.2 Å². The van der Waals surface area contributed by atoms with Crippen molar-refractivity contribution in [3.63, 3.8) is 0 Å². The predicted molar refractivity (Wildman–Crippen MR) is 96.1 cm³/mol. The van der Waals surface area contributed by atoms with Crippen LogP contribution in [0, 0.1) is 5.82 Å². The second-order valence-electron chi connectivity index (χ2n) is 6.07. The molecule has 0 spiro atoms. The Morgan fingerprint density at radius 1 is 1.27 bits per heavy atom. The highest BCUT2D eigenvalue weighted by molar-refractivity contribution is 7.89. The minimum atomic E-state index is -3.81. The molecule has 1 aliphatic rings. The van der Waals surface area contributed by atoms with Crippen molar-refractivity contribution >= 4 is 27.5 Å². The first-order valence-corrected chi connectivity index (χ1v) is 10.1. The van der Waals surface area contributed by atoms with Gasteiger partial charge in [-0.25, -0.2) is 17.5 Å². The Hall–Kier alpha value is -1.90. The van der Waals surface area contributed by atoms with Crippen molar-refractivity contribution in [2.24, 2.45) is 0 Å². The van der Waals surface area contributed by atoms with Crippen LogP contribution in [0.1, 0.15) is 29.4 Å². The number of halogens is 2. The molecule has 9 heteroatoms. The maximum Gasteiger partial charge on any atom is 0.270 e. The van der Waals surface area contributed by atoms with Crippen LogP contribution in [-0.2, 0) is 23.1 Å². The largest absolute Gasteiger partial charge is 0.342 e. The lowest BCUT2D eigenvalue weighted by Gasteiger charge is -2.17. The van der Waals surface area contributed by atoms with E-state index in [2.05, 4.69) is 4.72 Å². The fourth-order valence-electron chi connectivity index (χ4n) is 2.90. The normalized spacial score (nSPS) is 15.0. The first-order valence-electron chi connectivity index (χ1n) is 8.25. The highest BCUT2D eigenvalue weighted by Crippen LogP contribution is 2.21. The molecule has 140 valence electrons. The summed E-state index contributed by atoms with van der Waals surface area (Å²) in [6.07, 6.45) is 2.24. The zero-order chi connectivity index (χ0) is 18.9. The fraction of sp³-hybridized carbons (Fsp3) is 0.353. The van der Waals surface area contributed by atoms with E-state index in [1.54, 1.807) is 9.47 Å². The second-order valence-corrected chi connectivity index (χ2v) is 8.24. The summed E-state index contributed by atoms with van der Waals surface area (Å²) >= 11 is 5.71. The molecule has 0 saturated carbocycles. The van der Waals surface area contributed by atoms with Gasteiger partial charge in [0.2, 0.25) is 10.0 Å². The summed E-state index contributed by atoms with van der Waals surface area (Å²) < 4.78 is 42.5. The van der Waals surface area contributed by atoms with Crippen LogP contribution in [0.4, 0.5) is 4.39 Å². The van der Waals surface area contributed by atoms with E-state index in [0.717, 1.165) is 6.42 Å². The second kappa shape index (κ2) is 7.38. The molecule has 0 saturated heterocycles. The van der Waals surface area contributed by atoms with Gasteiger partial charge in [0.15, 0.2) is 0 Å². The number of hydrogen-bond acceptors (Lipinski definition) is 3. The van der Waals surface area contributed by atoms with Gasteiger partial charge in [-0.05, 0) is 37.1 Å². The number of fused-ring (bicyclic) bond motifs is 1. The molecule has 1 aliphatic heterocycles. The Balaban J connectivity index is 1.81. The van der Waals surface area contributed by atoms with Crippen LogP contribution < -0.4 is 4.72 Å². The minimum absolute atomic E-state index is 0.0299. The van der Waals surface area contributed by atoms with Crippen molar-refractivity contribution in [2.75, 3.05) is 13.1 Å². The maximum absolute atomic E-state index is 13.2. The van der Waals surface area contributed by atoms with E-state index in [4.69, 9.17) is 11.6 Å². The molecule has 1 amide bonds. The van der Waals surface area contributed by atoms with Crippen molar-refractivity contribution in [1.29, 1.82) is 0 Å². The van der Waals surface area contributed by atoms with E-state index in [0.29, 0.717) is 30.9 Å². The molecule has 3 rings (SSSR count). The van der Waals surface area contributed by atoms with Crippen molar-refractivity contribution < 1.29 is 17.6 Å². The number of rotatable bonds is 5. The highest BCUT2D eigenvalue weighted by atomic mass is 35.5. The zero-order valence-corrected chi connectivity index (χ0v) is 15.8. The lowest BCUT2D eigenvalue weighted by Crippen LogP contribution is -2.30. The Morgan fingerprint density at radius 2 is 2.04 bits per heavy atom. The molecule has 0 radical (unpaired) electrons. The summed E-state index contributed by atoms with van der Waals surface area (Å²) in [5.41, 5.74) is 0.906. The number of amides is 1. The Kier molecular flexibility index (Phi) is 5.36. The molecule has 1 N–H and O–H groups in total. The molecule has 0 aliphatic carbocycles. The van der Waals surface area contributed by atoms with Gasteiger partial charge in [0.1, 0.15) is 16.4 Å².